The predicted molar refractivity (Wildman–Crippen MR) is 99.1 cm³/mol. The Morgan fingerprint density at radius 1 is 1.28 bits per heavy atom. The number of carbonyl (C=O) groups is 1. The van der Waals surface area contributed by atoms with Gasteiger partial charge in [0, 0.05) is 17.0 Å². The number of hydrogen-bond acceptors (Lipinski definition) is 6. The molecule has 1 fully saturated rings. The van der Waals surface area contributed by atoms with Crippen LogP contribution in [-0.4, -0.2) is 35.6 Å². The molecule has 1 aromatic carbocycles. The Morgan fingerprint density at radius 2 is 2.08 bits per heavy atom. The van der Waals surface area contributed by atoms with Crippen molar-refractivity contribution in [1.82, 2.24) is 15.3 Å². The van der Waals surface area contributed by atoms with Gasteiger partial charge in [-0.15, -0.1) is 11.3 Å². The van der Waals surface area contributed by atoms with Gasteiger partial charge in [0.2, 0.25) is 5.91 Å². The highest BCUT2D eigenvalue weighted by Gasteiger charge is 2.23. The monoisotopic (exact) mass is 354 g/mol. The summed E-state index contributed by atoms with van der Waals surface area (Å²) in [5, 5.41) is 9.13. The minimum atomic E-state index is -0.00418. The van der Waals surface area contributed by atoms with Gasteiger partial charge >= 0.3 is 0 Å². The molecule has 128 valence electrons. The summed E-state index contributed by atoms with van der Waals surface area (Å²) in [6, 6.07) is 8.24. The van der Waals surface area contributed by atoms with E-state index in [9.17, 15) is 4.79 Å². The standard InChI is InChI=1S/C18H18N4O2S/c1-24-13-6-2-11(3-7-13)14-9-25-18-16(14)17(20-10-21-18)19-8-15(23)22-12-4-5-12/h2-3,6-7,9-10,12H,4-5,8H2,1H3,(H,22,23)(H,19,20,21). The molecule has 1 aliphatic carbocycles. The van der Waals surface area contributed by atoms with Gasteiger partial charge in [-0.3, -0.25) is 4.79 Å². The molecule has 1 aliphatic rings. The van der Waals surface area contributed by atoms with Crippen molar-refractivity contribution in [3.8, 4) is 16.9 Å². The number of hydrogen-bond donors (Lipinski definition) is 2. The van der Waals surface area contributed by atoms with Crippen LogP contribution in [0.15, 0.2) is 36.0 Å². The summed E-state index contributed by atoms with van der Waals surface area (Å²) in [5.41, 5.74) is 2.11. The van der Waals surface area contributed by atoms with E-state index in [1.807, 2.05) is 24.3 Å². The molecule has 2 aromatic heterocycles. The summed E-state index contributed by atoms with van der Waals surface area (Å²) in [6.07, 6.45) is 3.68. The molecule has 0 bridgehead atoms. The molecule has 7 heteroatoms. The van der Waals surface area contributed by atoms with E-state index < -0.39 is 0 Å². The summed E-state index contributed by atoms with van der Waals surface area (Å²) < 4.78 is 5.22. The molecule has 0 radical (unpaired) electrons. The first-order valence-electron chi connectivity index (χ1n) is 8.14. The van der Waals surface area contributed by atoms with E-state index in [2.05, 4.69) is 26.0 Å². The molecule has 2 N–H and O–H groups in total. The average Bonchev–Trinajstić information content (AvgIpc) is 3.35. The van der Waals surface area contributed by atoms with E-state index in [-0.39, 0.29) is 12.5 Å². The highest BCUT2D eigenvalue weighted by molar-refractivity contribution is 7.17. The smallest absolute Gasteiger partial charge is 0.239 e. The van der Waals surface area contributed by atoms with Crippen molar-refractivity contribution in [3.05, 3.63) is 36.0 Å². The first-order valence-corrected chi connectivity index (χ1v) is 9.02. The van der Waals surface area contributed by atoms with Gasteiger partial charge in [0.1, 0.15) is 22.7 Å². The lowest BCUT2D eigenvalue weighted by molar-refractivity contribution is -0.119. The van der Waals surface area contributed by atoms with Crippen LogP contribution in [0, 0.1) is 0 Å². The maximum Gasteiger partial charge on any atom is 0.239 e. The summed E-state index contributed by atoms with van der Waals surface area (Å²) in [5.74, 6) is 1.49. The molecule has 0 atom stereocenters. The Kier molecular flexibility index (Phi) is 4.23. The third kappa shape index (κ3) is 3.41. The minimum Gasteiger partial charge on any atom is -0.497 e. The molecule has 1 saturated carbocycles. The van der Waals surface area contributed by atoms with Crippen LogP contribution in [0.3, 0.4) is 0 Å². The van der Waals surface area contributed by atoms with Crippen LogP contribution in [0.5, 0.6) is 5.75 Å². The highest BCUT2D eigenvalue weighted by Crippen LogP contribution is 2.36. The van der Waals surface area contributed by atoms with Crippen LogP contribution in [0.2, 0.25) is 0 Å². The van der Waals surface area contributed by atoms with Gasteiger partial charge in [-0.25, -0.2) is 9.97 Å². The number of nitrogens with zero attached hydrogens (tertiary/aromatic N) is 2. The second-order valence-corrected chi connectivity index (χ2v) is 6.83. The average molecular weight is 354 g/mol. The van der Waals surface area contributed by atoms with Crippen LogP contribution in [0.4, 0.5) is 5.82 Å². The van der Waals surface area contributed by atoms with Crippen molar-refractivity contribution < 1.29 is 9.53 Å². The van der Waals surface area contributed by atoms with Crippen molar-refractivity contribution in [3.63, 3.8) is 0 Å². The van der Waals surface area contributed by atoms with E-state index in [1.54, 1.807) is 18.4 Å². The van der Waals surface area contributed by atoms with E-state index in [1.165, 1.54) is 6.33 Å². The number of fused-ring (bicyclic) bond motifs is 1. The first-order chi connectivity index (χ1) is 12.2. The largest absolute Gasteiger partial charge is 0.497 e. The Labute approximate surface area is 149 Å². The number of amides is 1. The van der Waals surface area contributed by atoms with Crippen molar-refractivity contribution >= 4 is 33.3 Å². The molecule has 25 heavy (non-hydrogen) atoms. The van der Waals surface area contributed by atoms with Gasteiger partial charge in [0.25, 0.3) is 0 Å². The zero-order chi connectivity index (χ0) is 17.2. The van der Waals surface area contributed by atoms with Crippen molar-refractivity contribution in [2.45, 2.75) is 18.9 Å². The van der Waals surface area contributed by atoms with Crippen LogP contribution >= 0.6 is 11.3 Å². The van der Waals surface area contributed by atoms with Crippen molar-refractivity contribution in [2.24, 2.45) is 0 Å². The molecule has 0 aliphatic heterocycles. The van der Waals surface area contributed by atoms with E-state index in [4.69, 9.17) is 4.74 Å². The summed E-state index contributed by atoms with van der Waals surface area (Å²) in [4.78, 5) is 21.5. The lowest BCUT2D eigenvalue weighted by atomic mass is 10.1. The van der Waals surface area contributed by atoms with Crippen molar-refractivity contribution in [2.75, 3.05) is 19.0 Å². The molecule has 0 saturated heterocycles. The first kappa shape index (κ1) is 15.8. The Morgan fingerprint density at radius 3 is 2.80 bits per heavy atom. The highest BCUT2D eigenvalue weighted by atomic mass is 32.1. The van der Waals surface area contributed by atoms with Gasteiger partial charge in [0.05, 0.1) is 19.0 Å². The SMILES string of the molecule is COc1ccc(-c2csc3ncnc(NCC(=O)NC4CC4)c23)cc1. The second-order valence-electron chi connectivity index (χ2n) is 5.98. The number of methoxy groups -OCH3 is 1. The van der Waals surface area contributed by atoms with E-state index in [0.717, 1.165) is 39.9 Å². The van der Waals surface area contributed by atoms with Gasteiger partial charge in [-0.05, 0) is 30.5 Å². The number of anilines is 1. The van der Waals surface area contributed by atoms with Crippen LogP contribution in [0.25, 0.3) is 21.3 Å². The Hall–Kier alpha value is -2.67. The van der Waals surface area contributed by atoms with Gasteiger partial charge in [-0.2, -0.15) is 0 Å². The summed E-state index contributed by atoms with van der Waals surface area (Å²) >= 11 is 1.56. The fourth-order valence-electron chi connectivity index (χ4n) is 2.66. The lowest BCUT2D eigenvalue weighted by Gasteiger charge is -2.09. The number of benzene rings is 1. The predicted octanol–water partition coefficient (Wildman–Crippen LogP) is 3.06. The van der Waals surface area contributed by atoms with Crippen LogP contribution in [-0.2, 0) is 4.79 Å². The number of ether oxygens (including phenoxy) is 1. The second kappa shape index (κ2) is 6.68. The van der Waals surface area contributed by atoms with Gasteiger partial charge in [-0.1, -0.05) is 12.1 Å². The fraction of sp³-hybridized carbons (Fsp3) is 0.278. The molecule has 0 spiro atoms. The van der Waals surface area contributed by atoms with Crippen molar-refractivity contribution in [1.29, 1.82) is 0 Å². The minimum absolute atomic E-state index is 0.00418. The van der Waals surface area contributed by atoms with E-state index in [0.29, 0.717) is 11.9 Å². The van der Waals surface area contributed by atoms with E-state index >= 15 is 0 Å². The third-order valence-corrected chi connectivity index (χ3v) is 5.02. The summed E-state index contributed by atoms with van der Waals surface area (Å²) in [6.45, 7) is 0.209. The Balaban J connectivity index is 1.62. The molecule has 3 aromatic rings. The fourth-order valence-corrected chi connectivity index (χ4v) is 3.58. The van der Waals surface area contributed by atoms with Crippen LogP contribution < -0.4 is 15.4 Å². The zero-order valence-corrected chi connectivity index (χ0v) is 14.6. The maximum absolute atomic E-state index is 11.9. The number of aromatic nitrogens is 2. The third-order valence-electron chi connectivity index (χ3n) is 4.13. The molecular formula is C18H18N4O2S. The Bertz CT molecular complexity index is 903. The molecule has 1 amide bonds. The molecule has 4 rings (SSSR count). The maximum atomic E-state index is 11.9. The normalized spacial score (nSPS) is 13.6. The van der Waals surface area contributed by atoms with Gasteiger partial charge < -0.3 is 15.4 Å². The number of thiophene rings is 1. The van der Waals surface area contributed by atoms with Gasteiger partial charge in [0.15, 0.2) is 0 Å². The topological polar surface area (TPSA) is 76.1 Å². The summed E-state index contributed by atoms with van der Waals surface area (Å²) in [7, 11) is 1.65. The molecule has 0 unspecified atom stereocenters. The number of carbonyl (C=O) groups excluding carboxylic acids is 1. The molecule has 6 nitrogen and oxygen atoms in total. The quantitative estimate of drug-likeness (QED) is 0.711. The molecule has 2 heterocycles. The number of rotatable bonds is 6. The lowest BCUT2D eigenvalue weighted by Crippen LogP contribution is -2.31. The number of nitrogens with one attached hydrogen (secondary N) is 2. The molecular weight excluding hydrogens is 336 g/mol. The zero-order valence-electron chi connectivity index (χ0n) is 13.8. The van der Waals surface area contributed by atoms with Crippen LogP contribution in [0.1, 0.15) is 12.8 Å².